The quantitative estimate of drug-likeness (QED) is 0.656. The average Bonchev–Trinajstić information content (AvgIpc) is 2.54. The molecule has 0 radical (unpaired) electrons. The fraction of sp³-hybridized carbons (Fsp3) is 0.235. The predicted molar refractivity (Wildman–Crippen MR) is 84.8 cm³/mol. The molecule has 1 amide bonds. The number of nitro benzene ring substituents is 1. The van der Waals surface area contributed by atoms with E-state index < -0.39 is 4.92 Å². The third-order valence-electron chi connectivity index (χ3n) is 3.43. The molecule has 0 heterocycles. The van der Waals surface area contributed by atoms with Crippen LogP contribution in [0.2, 0.25) is 0 Å². The van der Waals surface area contributed by atoms with Crippen LogP contribution in [0.3, 0.4) is 0 Å². The fourth-order valence-corrected chi connectivity index (χ4v) is 2.14. The number of aryl methyl sites for hydroxylation is 1. The number of benzene rings is 2. The summed E-state index contributed by atoms with van der Waals surface area (Å²) < 4.78 is 0. The van der Waals surface area contributed by atoms with Crippen molar-refractivity contribution in [3.05, 3.63) is 75.8 Å². The minimum Gasteiger partial charge on any atom is -0.350 e. The number of nitro groups is 1. The van der Waals surface area contributed by atoms with Gasteiger partial charge in [-0.2, -0.15) is 0 Å². The summed E-state index contributed by atoms with van der Waals surface area (Å²) in [6, 6.07) is 15.7. The van der Waals surface area contributed by atoms with Crippen LogP contribution < -0.4 is 5.32 Å². The van der Waals surface area contributed by atoms with Crippen molar-refractivity contribution in [3.8, 4) is 0 Å². The number of non-ortho nitro benzene ring substituents is 1. The molecule has 0 aromatic heterocycles. The van der Waals surface area contributed by atoms with Gasteiger partial charge >= 0.3 is 0 Å². The Hall–Kier alpha value is -2.69. The van der Waals surface area contributed by atoms with Crippen molar-refractivity contribution < 1.29 is 9.72 Å². The molecule has 2 rings (SSSR count). The molecule has 2 aromatic carbocycles. The molecule has 0 aliphatic rings. The molecule has 1 N–H and O–H groups in total. The van der Waals surface area contributed by atoms with Crippen molar-refractivity contribution in [2.24, 2.45) is 0 Å². The summed E-state index contributed by atoms with van der Waals surface area (Å²) >= 11 is 0. The van der Waals surface area contributed by atoms with E-state index in [0.29, 0.717) is 5.56 Å². The largest absolute Gasteiger partial charge is 0.350 e. The van der Waals surface area contributed by atoms with Crippen molar-refractivity contribution in [2.45, 2.75) is 25.8 Å². The van der Waals surface area contributed by atoms with E-state index in [-0.39, 0.29) is 17.6 Å². The Labute approximate surface area is 129 Å². The Kier molecular flexibility index (Phi) is 5.25. The lowest BCUT2D eigenvalue weighted by Gasteiger charge is -2.14. The van der Waals surface area contributed by atoms with Crippen LogP contribution in [-0.4, -0.2) is 16.9 Å². The molecule has 0 aliphatic carbocycles. The van der Waals surface area contributed by atoms with Gasteiger partial charge in [-0.05, 0) is 37.5 Å². The summed E-state index contributed by atoms with van der Waals surface area (Å²) in [7, 11) is 0. The highest BCUT2D eigenvalue weighted by Gasteiger charge is 2.12. The van der Waals surface area contributed by atoms with Gasteiger partial charge in [0.15, 0.2) is 0 Å². The molecule has 22 heavy (non-hydrogen) atoms. The molecule has 114 valence electrons. The lowest BCUT2D eigenvalue weighted by molar-refractivity contribution is -0.384. The molecule has 5 nitrogen and oxygen atoms in total. The van der Waals surface area contributed by atoms with E-state index in [1.54, 1.807) is 0 Å². The second-order valence-electron chi connectivity index (χ2n) is 5.20. The van der Waals surface area contributed by atoms with Crippen LogP contribution in [0.15, 0.2) is 54.6 Å². The van der Waals surface area contributed by atoms with E-state index in [9.17, 15) is 14.9 Å². The topological polar surface area (TPSA) is 72.2 Å². The van der Waals surface area contributed by atoms with Gasteiger partial charge in [0, 0.05) is 23.7 Å². The van der Waals surface area contributed by atoms with Crippen molar-refractivity contribution in [1.82, 2.24) is 5.32 Å². The van der Waals surface area contributed by atoms with Crippen LogP contribution >= 0.6 is 0 Å². The van der Waals surface area contributed by atoms with E-state index in [1.807, 2.05) is 25.1 Å². The molecular weight excluding hydrogens is 280 g/mol. The summed E-state index contributed by atoms with van der Waals surface area (Å²) in [4.78, 5) is 22.2. The number of hydrogen-bond acceptors (Lipinski definition) is 3. The summed E-state index contributed by atoms with van der Waals surface area (Å²) in [5.74, 6) is -0.213. The maximum absolute atomic E-state index is 12.1. The van der Waals surface area contributed by atoms with E-state index in [0.717, 1.165) is 12.8 Å². The number of nitrogens with one attached hydrogen (secondary N) is 1. The first kappa shape index (κ1) is 15.7. The zero-order valence-corrected chi connectivity index (χ0v) is 12.4. The number of nitrogens with zero attached hydrogens (tertiary/aromatic N) is 1. The van der Waals surface area contributed by atoms with E-state index in [4.69, 9.17) is 0 Å². The Morgan fingerprint density at radius 1 is 1.14 bits per heavy atom. The van der Waals surface area contributed by atoms with E-state index in [1.165, 1.54) is 29.8 Å². The summed E-state index contributed by atoms with van der Waals surface area (Å²) in [5, 5.41) is 13.5. The summed E-state index contributed by atoms with van der Waals surface area (Å²) in [5.41, 5.74) is 1.64. The number of amides is 1. The summed E-state index contributed by atoms with van der Waals surface area (Å²) in [6.07, 6.45) is 1.73. The van der Waals surface area contributed by atoms with Gasteiger partial charge < -0.3 is 5.32 Å². The van der Waals surface area contributed by atoms with Crippen LogP contribution in [0.1, 0.15) is 29.3 Å². The predicted octanol–water partition coefficient (Wildman–Crippen LogP) is 3.35. The molecule has 0 unspecified atom stereocenters. The Morgan fingerprint density at radius 3 is 2.36 bits per heavy atom. The number of hydrogen-bond donors (Lipinski definition) is 1. The molecule has 5 heteroatoms. The van der Waals surface area contributed by atoms with Crippen molar-refractivity contribution in [2.75, 3.05) is 0 Å². The minimum absolute atomic E-state index is 0.0197. The molecule has 0 aliphatic heterocycles. The second-order valence-corrected chi connectivity index (χ2v) is 5.20. The maximum atomic E-state index is 12.1. The highest BCUT2D eigenvalue weighted by molar-refractivity contribution is 5.94. The molecule has 0 spiro atoms. The molecule has 1 atom stereocenters. The van der Waals surface area contributed by atoms with E-state index in [2.05, 4.69) is 17.4 Å². The highest BCUT2D eigenvalue weighted by atomic mass is 16.6. The minimum atomic E-state index is -0.482. The Bertz CT molecular complexity index is 639. The standard InChI is InChI=1S/C17H18N2O3/c1-13(7-8-14-5-3-2-4-6-14)18-17(20)15-9-11-16(12-10-15)19(21)22/h2-6,9-13H,7-8H2,1H3,(H,18,20)/t13-/m0/s1. The first-order valence-electron chi connectivity index (χ1n) is 7.15. The fourth-order valence-electron chi connectivity index (χ4n) is 2.14. The molecular formula is C17H18N2O3. The van der Waals surface area contributed by atoms with Gasteiger partial charge in [-0.25, -0.2) is 0 Å². The first-order chi connectivity index (χ1) is 10.6. The second kappa shape index (κ2) is 7.36. The highest BCUT2D eigenvalue weighted by Crippen LogP contribution is 2.12. The van der Waals surface area contributed by atoms with Crippen molar-refractivity contribution >= 4 is 11.6 Å². The maximum Gasteiger partial charge on any atom is 0.269 e. The number of carbonyl (C=O) groups is 1. The molecule has 0 fully saturated rings. The lowest BCUT2D eigenvalue weighted by atomic mass is 10.1. The zero-order valence-electron chi connectivity index (χ0n) is 12.4. The lowest BCUT2D eigenvalue weighted by Crippen LogP contribution is -2.32. The van der Waals surface area contributed by atoms with Gasteiger partial charge in [0.05, 0.1) is 4.92 Å². The van der Waals surface area contributed by atoms with Gasteiger partial charge in [-0.1, -0.05) is 30.3 Å². The number of carbonyl (C=O) groups excluding carboxylic acids is 1. The molecule has 0 bridgehead atoms. The van der Waals surface area contributed by atoms with Crippen molar-refractivity contribution in [1.29, 1.82) is 0 Å². The number of rotatable bonds is 6. The first-order valence-corrected chi connectivity index (χ1v) is 7.15. The molecule has 0 saturated heterocycles. The van der Waals surface area contributed by atoms with Gasteiger partial charge in [-0.15, -0.1) is 0 Å². The molecule has 2 aromatic rings. The normalized spacial score (nSPS) is 11.7. The Morgan fingerprint density at radius 2 is 1.77 bits per heavy atom. The monoisotopic (exact) mass is 298 g/mol. The van der Waals surface area contributed by atoms with Crippen LogP contribution in [0.25, 0.3) is 0 Å². The summed E-state index contributed by atoms with van der Waals surface area (Å²) in [6.45, 7) is 1.95. The van der Waals surface area contributed by atoms with Crippen LogP contribution in [0.5, 0.6) is 0 Å². The van der Waals surface area contributed by atoms with Gasteiger partial charge in [0.2, 0.25) is 0 Å². The van der Waals surface area contributed by atoms with E-state index >= 15 is 0 Å². The van der Waals surface area contributed by atoms with Crippen LogP contribution in [0.4, 0.5) is 5.69 Å². The van der Waals surface area contributed by atoms with Gasteiger partial charge in [-0.3, -0.25) is 14.9 Å². The van der Waals surface area contributed by atoms with Crippen LogP contribution in [0, 0.1) is 10.1 Å². The van der Waals surface area contributed by atoms with Gasteiger partial charge in [0.25, 0.3) is 11.6 Å². The third-order valence-corrected chi connectivity index (χ3v) is 3.43. The average molecular weight is 298 g/mol. The van der Waals surface area contributed by atoms with Gasteiger partial charge in [0.1, 0.15) is 0 Å². The SMILES string of the molecule is C[C@@H](CCc1ccccc1)NC(=O)c1ccc([N+](=O)[O-])cc1. The van der Waals surface area contributed by atoms with Crippen molar-refractivity contribution in [3.63, 3.8) is 0 Å². The zero-order chi connectivity index (χ0) is 15.9. The van der Waals surface area contributed by atoms with Crippen LogP contribution in [-0.2, 0) is 6.42 Å². The Balaban J connectivity index is 1.86. The smallest absolute Gasteiger partial charge is 0.269 e. The molecule has 0 saturated carbocycles. The third kappa shape index (κ3) is 4.41.